The number of aryl methyl sites for hydroxylation is 1. The molecule has 2 aromatic rings. The summed E-state index contributed by atoms with van der Waals surface area (Å²) < 4.78 is 41.1. The van der Waals surface area contributed by atoms with Crippen molar-refractivity contribution in [3.05, 3.63) is 58.1 Å². The van der Waals surface area contributed by atoms with Gasteiger partial charge in [0.25, 0.3) is 5.91 Å². The normalized spacial score (nSPS) is 30.6. The van der Waals surface area contributed by atoms with Crippen LogP contribution >= 0.6 is 11.6 Å². The topological polar surface area (TPSA) is 132 Å². The van der Waals surface area contributed by atoms with Crippen LogP contribution in [0.4, 0.5) is 5.69 Å². The number of carbonyl (C=O) groups excluding carboxylic acids is 2. The Morgan fingerprint density at radius 2 is 1.75 bits per heavy atom. The van der Waals surface area contributed by atoms with Crippen molar-refractivity contribution >= 4 is 39.2 Å². The van der Waals surface area contributed by atoms with Gasteiger partial charge in [0.2, 0.25) is 10.0 Å². The van der Waals surface area contributed by atoms with E-state index in [1.165, 1.54) is 12.7 Å². The lowest BCUT2D eigenvalue weighted by molar-refractivity contribution is -0.141. The molecule has 2 saturated heterocycles. The number of hydrogen-bond donors (Lipinski definition) is 2. The minimum absolute atomic E-state index is 0.0724. The lowest BCUT2D eigenvalue weighted by atomic mass is 9.62. The molecule has 12 nitrogen and oxygen atoms in total. The van der Waals surface area contributed by atoms with Crippen molar-refractivity contribution in [2.45, 2.75) is 95.1 Å². The van der Waals surface area contributed by atoms with E-state index >= 15 is 0 Å². The predicted octanol–water partition coefficient (Wildman–Crippen LogP) is 4.95. The molecule has 2 aromatic carbocycles. The highest BCUT2D eigenvalue weighted by Gasteiger charge is 2.48. The minimum Gasteiger partial charge on any atom is -0.487 e. The largest absolute Gasteiger partial charge is 0.487 e. The number of piperazine rings is 2. The first-order valence-electron chi connectivity index (χ1n) is 21.1. The van der Waals surface area contributed by atoms with Crippen LogP contribution in [0.5, 0.6) is 5.75 Å². The van der Waals surface area contributed by atoms with E-state index in [0.717, 1.165) is 89.2 Å². The van der Waals surface area contributed by atoms with E-state index in [1.807, 2.05) is 25.1 Å². The van der Waals surface area contributed by atoms with Crippen molar-refractivity contribution in [2.75, 3.05) is 77.5 Å². The van der Waals surface area contributed by atoms with Crippen molar-refractivity contribution in [2.24, 2.45) is 17.8 Å². The van der Waals surface area contributed by atoms with Crippen LogP contribution in [0.15, 0.2) is 36.4 Å². The van der Waals surface area contributed by atoms with Gasteiger partial charge in [0, 0.05) is 82.1 Å². The van der Waals surface area contributed by atoms with Crippen molar-refractivity contribution in [3.8, 4) is 5.75 Å². The summed E-state index contributed by atoms with van der Waals surface area (Å²) in [5.41, 5.74) is 2.32. The quantitative estimate of drug-likeness (QED) is 0.397. The van der Waals surface area contributed by atoms with Crippen LogP contribution in [0, 0.1) is 17.8 Å². The number of fused-ring (bicyclic) bond motifs is 4. The zero-order chi connectivity index (χ0) is 40.3. The van der Waals surface area contributed by atoms with Crippen molar-refractivity contribution in [3.63, 3.8) is 0 Å². The third-order valence-corrected chi connectivity index (χ3v) is 16.0. The Morgan fingerprint density at radius 1 is 0.965 bits per heavy atom. The van der Waals surface area contributed by atoms with Gasteiger partial charge >= 0.3 is 5.97 Å². The molecule has 0 spiro atoms. The molecule has 3 fully saturated rings. The van der Waals surface area contributed by atoms with E-state index in [9.17, 15) is 23.1 Å². The summed E-state index contributed by atoms with van der Waals surface area (Å²) in [5, 5.41) is 12.9. The summed E-state index contributed by atoms with van der Waals surface area (Å²) in [5.74, 6) is -0.105. The molecular formula is C43H62ClN5O7S. The number of anilines is 1. The van der Waals surface area contributed by atoms with Gasteiger partial charge in [-0.05, 0) is 111 Å². The van der Waals surface area contributed by atoms with Crippen LogP contribution in [0.1, 0.15) is 86.7 Å². The number of esters is 1. The third kappa shape index (κ3) is 9.92. The van der Waals surface area contributed by atoms with Gasteiger partial charge < -0.3 is 19.5 Å². The van der Waals surface area contributed by atoms with Crippen molar-refractivity contribution in [1.82, 2.24) is 19.4 Å². The van der Waals surface area contributed by atoms with E-state index in [2.05, 4.69) is 24.3 Å². The molecule has 1 aliphatic carbocycles. The van der Waals surface area contributed by atoms with E-state index in [4.69, 9.17) is 21.1 Å². The number of methoxy groups -OCH3 is 1. The smallest absolute Gasteiger partial charge is 0.306 e. The summed E-state index contributed by atoms with van der Waals surface area (Å²) in [6.45, 7) is 12.1. The van der Waals surface area contributed by atoms with Crippen LogP contribution in [0.3, 0.4) is 0 Å². The first kappa shape index (κ1) is 42.2. The second kappa shape index (κ2) is 18.1. The summed E-state index contributed by atoms with van der Waals surface area (Å²) >= 11 is 6.41. The second-order valence-corrected chi connectivity index (χ2v) is 19.9. The van der Waals surface area contributed by atoms with Crippen molar-refractivity contribution < 1.29 is 32.6 Å². The Kier molecular flexibility index (Phi) is 13.4. The lowest BCUT2D eigenvalue weighted by Crippen LogP contribution is -2.64. The van der Waals surface area contributed by atoms with E-state index in [0.29, 0.717) is 68.7 Å². The first-order chi connectivity index (χ1) is 27.3. The van der Waals surface area contributed by atoms with Crippen LogP contribution in [0.25, 0.3) is 0 Å². The first-order valence-corrected chi connectivity index (χ1v) is 23.1. The van der Waals surface area contributed by atoms with Gasteiger partial charge in [-0.1, -0.05) is 31.0 Å². The molecule has 5 aliphatic rings. The van der Waals surface area contributed by atoms with Gasteiger partial charge in [-0.15, -0.1) is 0 Å². The number of ether oxygens (including phenoxy) is 2. The number of sulfonamides is 1. The van der Waals surface area contributed by atoms with Gasteiger partial charge in [-0.25, -0.2) is 13.1 Å². The fraction of sp³-hybridized carbons (Fsp3) is 0.674. The maximum absolute atomic E-state index is 13.6. The average Bonchev–Trinajstić information content (AvgIpc) is 3.20. The fourth-order valence-electron chi connectivity index (χ4n) is 9.96. The summed E-state index contributed by atoms with van der Waals surface area (Å²) in [6.07, 6.45) is 6.92. The zero-order valence-electron chi connectivity index (χ0n) is 34.0. The lowest BCUT2D eigenvalue weighted by Gasteiger charge is -2.53. The van der Waals surface area contributed by atoms with Gasteiger partial charge in [0.15, 0.2) is 0 Å². The van der Waals surface area contributed by atoms with Crippen LogP contribution in [-0.4, -0.2) is 130 Å². The number of nitrogens with one attached hydrogen (secondary N) is 1. The molecule has 1 amide bonds. The standard InChI is InChI=1S/C43H62ClN5O7S/c1-30-7-6-16-43(52,29-47-20-22-48-21-19-46(26-37(48)27-47)18-15-41(50)55-3)38-13-10-34(38)25-49-17-5-4-8-32-23-36(44)12-9-35(32)28-56-40-14-11-33(24-39(40)49)42(51)45-57(53,54)31(30)2/h9,11-12,14,23-24,30-31,34,37-38,52H,4-8,10,13,15-22,25-29H2,1-3H3,(H,45,51)/t30?,31-,34+,37?,38-,43?/m1/s1. The molecule has 2 N–H and O–H groups in total. The molecule has 57 heavy (non-hydrogen) atoms. The molecule has 1 saturated carbocycles. The highest BCUT2D eigenvalue weighted by Crippen LogP contribution is 2.47. The minimum atomic E-state index is -3.98. The highest BCUT2D eigenvalue weighted by molar-refractivity contribution is 7.90. The van der Waals surface area contributed by atoms with Gasteiger partial charge in [0.1, 0.15) is 12.4 Å². The Morgan fingerprint density at radius 3 is 2.53 bits per heavy atom. The number of nitrogens with zero attached hydrogens (tertiary/aromatic N) is 4. The molecule has 0 radical (unpaired) electrons. The Hall–Kier alpha value is -2.94. The number of rotatable bonds is 5. The van der Waals surface area contributed by atoms with E-state index < -0.39 is 26.8 Å². The number of aliphatic hydroxyl groups is 1. The Labute approximate surface area is 344 Å². The van der Waals surface area contributed by atoms with Crippen LogP contribution in [-0.2, 0) is 32.6 Å². The van der Waals surface area contributed by atoms with Crippen molar-refractivity contribution in [1.29, 1.82) is 0 Å². The monoisotopic (exact) mass is 827 g/mol. The van der Waals surface area contributed by atoms with E-state index in [-0.39, 0.29) is 29.3 Å². The SMILES string of the molecule is COC(=O)CCN1CCN2CCN(CC3(O)CCCC(C)[C@@H](C)S(=O)(=O)NC(=O)c4ccc5c(c4)N(CCCCc4cc(Cl)ccc4CO5)C[C@@H]4CC[C@H]43)CC2C1. The number of hydrogen-bond acceptors (Lipinski definition) is 11. The summed E-state index contributed by atoms with van der Waals surface area (Å²) in [7, 11) is -2.55. The number of amides is 1. The molecule has 314 valence electrons. The maximum Gasteiger partial charge on any atom is 0.306 e. The molecule has 3 unspecified atom stereocenters. The molecular weight excluding hydrogens is 766 g/mol. The molecule has 4 heterocycles. The highest BCUT2D eigenvalue weighted by atomic mass is 35.5. The number of β-amino-alcohol motifs (C(OH)–C–C–N with tert-alkyl or cyclic N) is 1. The fourth-order valence-corrected chi connectivity index (χ4v) is 11.5. The number of benzene rings is 2. The third-order valence-electron chi connectivity index (χ3n) is 13.8. The second-order valence-electron chi connectivity index (χ2n) is 17.4. The van der Waals surface area contributed by atoms with Gasteiger partial charge in [-0.3, -0.25) is 24.3 Å². The molecule has 7 rings (SSSR count). The summed E-state index contributed by atoms with van der Waals surface area (Å²) in [6, 6.07) is 11.5. The van der Waals surface area contributed by atoms with Crippen LogP contribution < -0.4 is 14.4 Å². The van der Waals surface area contributed by atoms with E-state index in [1.54, 1.807) is 25.1 Å². The Balaban J connectivity index is 1.16. The zero-order valence-corrected chi connectivity index (χ0v) is 35.5. The number of halogens is 1. The van der Waals surface area contributed by atoms with Gasteiger partial charge in [-0.2, -0.15) is 0 Å². The molecule has 14 heteroatoms. The summed E-state index contributed by atoms with van der Waals surface area (Å²) in [4.78, 5) is 35.2. The maximum atomic E-state index is 13.6. The molecule has 6 atom stereocenters. The number of carbonyl (C=O) groups is 2. The predicted molar refractivity (Wildman–Crippen MR) is 222 cm³/mol. The molecule has 4 aliphatic heterocycles. The van der Waals surface area contributed by atoms with Crippen LogP contribution in [0.2, 0.25) is 5.02 Å². The average molecular weight is 829 g/mol. The Bertz CT molecular complexity index is 1870. The molecule has 2 bridgehead atoms. The molecule has 0 aromatic heterocycles. The van der Waals surface area contributed by atoms with Gasteiger partial charge in [0.05, 0.1) is 30.1 Å².